The summed E-state index contributed by atoms with van der Waals surface area (Å²) in [5.41, 5.74) is 0.999. The number of methoxy groups -OCH3 is 1. The minimum atomic E-state index is 0. The van der Waals surface area contributed by atoms with Gasteiger partial charge in [0.1, 0.15) is 11.6 Å². The smallest absolute Gasteiger partial charge is 0.192 e. The van der Waals surface area contributed by atoms with E-state index in [0.717, 1.165) is 36.7 Å². The summed E-state index contributed by atoms with van der Waals surface area (Å²) < 4.78 is 12.8. The predicted molar refractivity (Wildman–Crippen MR) is 124 cm³/mol. The molecular weight excluding hydrogens is 507 g/mol. The molecular formula is C19H28ClIN6O2. The van der Waals surface area contributed by atoms with E-state index in [1.165, 1.54) is 0 Å². The van der Waals surface area contributed by atoms with Crippen molar-refractivity contribution in [2.75, 3.05) is 20.3 Å². The van der Waals surface area contributed by atoms with E-state index in [1.54, 1.807) is 7.11 Å². The molecule has 0 aliphatic carbocycles. The number of ether oxygens (including phenoxy) is 2. The fourth-order valence-electron chi connectivity index (χ4n) is 2.94. The van der Waals surface area contributed by atoms with E-state index in [4.69, 9.17) is 21.1 Å². The standard InChI is InChI=1S/C19H27ClN6O2.HI/c1-13-24-25-18(26(13)2)12-23-19(22-11-15-5-4-8-28-15)21-10-14-6-7-17(27-3)16(20)9-14;/h6-7,9,15H,4-5,8,10-12H2,1-3H3,(H2,21,22,23);1H. The number of hydrogen-bond donors (Lipinski definition) is 2. The van der Waals surface area contributed by atoms with Crippen LogP contribution in [-0.2, 0) is 24.9 Å². The average molecular weight is 535 g/mol. The number of aliphatic imine (C=N–C) groups is 1. The molecule has 0 radical (unpaired) electrons. The van der Waals surface area contributed by atoms with E-state index >= 15 is 0 Å². The number of aryl methyl sites for hydroxylation is 1. The molecule has 10 heteroatoms. The van der Waals surface area contributed by atoms with Crippen molar-refractivity contribution >= 4 is 41.5 Å². The van der Waals surface area contributed by atoms with Gasteiger partial charge in [0.05, 0.1) is 31.3 Å². The first-order valence-corrected chi connectivity index (χ1v) is 9.75. The van der Waals surface area contributed by atoms with Crippen LogP contribution in [0.4, 0.5) is 0 Å². The Morgan fingerprint density at radius 2 is 2.21 bits per heavy atom. The van der Waals surface area contributed by atoms with Gasteiger partial charge in [-0.2, -0.15) is 0 Å². The van der Waals surface area contributed by atoms with E-state index in [-0.39, 0.29) is 30.1 Å². The third kappa shape index (κ3) is 6.71. The van der Waals surface area contributed by atoms with Gasteiger partial charge in [-0.25, -0.2) is 4.99 Å². The molecule has 29 heavy (non-hydrogen) atoms. The molecule has 1 aliphatic rings. The highest BCUT2D eigenvalue weighted by Crippen LogP contribution is 2.25. The monoisotopic (exact) mass is 534 g/mol. The summed E-state index contributed by atoms with van der Waals surface area (Å²) >= 11 is 6.21. The highest BCUT2D eigenvalue weighted by atomic mass is 127. The molecule has 0 saturated carbocycles. The molecule has 0 bridgehead atoms. The van der Waals surface area contributed by atoms with Gasteiger partial charge in [-0.05, 0) is 37.5 Å². The summed E-state index contributed by atoms with van der Waals surface area (Å²) in [6.07, 6.45) is 2.39. The lowest BCUT2D eigenvalue weighted by Gasteiger charge is -2.15. The molecule has 1 saturated heterocycles. The Balaban J connectivity index is 0.00000300. The van der Waals surface area contributed by atoms with Crippen LogP contribution in [-0.4, -0.2) is 47.1 Å². The Morgan fingerprint density at radius 1 is 1.38 bits per heavy atom. The van der Waals surface area contributed by atoms with Crippen molar-refractivity contribution in [3.8, 4) is 5.75 Å². The molecule has 8 nitrogen and oxygen atoms in total. The van der Waals surface area contributed by atoms with Gasteiger partial charge in [0, 0.05) is 20.2 Å². The zero-order valence-electron chi connectivity index (χ0n) is 16.9. The number of hydrogen-bond acceptors (Lipinski definition) is 5. The summed E-state index contributed by atoms with van der Waals surface area (Å²) in [6, 6.07) is 5.67. The Bertz CT molecular complexity index is 823. The number of halogens is 2. The van der Waals surface area contributed by atoms with Gasteiger partial charge in [-0.3, -0.25) is 0 Å². The fourth-order valence-corrected chi connectivity index (χ4v) is 3.22. The van der Waals surface area contributed by atoms with E-state index in [2.05, 4.69) is 25.8 Å². The van der Waals surface area contributed by atoms with Gasteiger partial charge in [0.15, 0.2) is 11.8 Å². The minimum absolute atomic E-state index is 0. The van der Waals surface area contributed by atoms with Crippen molar-refractivity contribution in [3.63, 3.8) is 0 Å². The predicted octanol–water partition coefficient (Wildman–Crippen LogP) is 2.82. The number of nitrogens with zero attached hydrogens (tertiary/aromatic N) is 4. The SMILES string of the molecule is COc1ccc(CN=C(NCc2nnc(C)n2C)NCC2CCCO2)cc1Cl.I. The van der Waals surface area contributed by atoms with Gasteiger partial charge in [0.2, 0.25) is 0 Å². The maximum absolute atomic E-state index is 6.21. The number of guanidine groups is 1. The maximum atomic E-state index is 6.21. The molecule has 1 aromatic heterocycles. The zero-order valence-corrected chi connectivity index (χ0v) is 20.0. The lowest BCUT2D eigenvalue weighted by molar-refractivity contribution is 0.113. The molecule has 0 amide bonds. The summed E-state index contributed by atoms with van der Waals surface area (Å²) in [5.74, 6) is 3.07. The number of rotatable bonds is 7. The van der Waals surface area contributed by atoms with Gasteiger partial charge in [-0.1, -0.05) is 17.7 Å². The number of nitrogens with one attached hydrogen (secondary N) is 2. The van der Waals surface area contributed by atoms with Crippen LogP contribution in [0, 0.1) is 6.92 Å². The lowest BCUT2D eigenvalue weighted by Crippen LogP contribution is -2.41. The second kappa shape index (κ2) is 11.6. The van der Waals surface area contributed by atoms with Crippen LogP contribution < -0.4 is 15.4 Å². The molecule has 2 aromatic rings. The van der Waals surface area contributed by atoms with Crippen molar-refractivity contribution in [2.45, 2.75) is 39.0 Å². The fraction of sp³-hybridized carbons (Fsp3) is 0.526. The van der Waals surface area contributed by atoms with Crippen molar-refractivity contribution in [2.24, 2.45) is 12.0 Å². The molecule has 160 valence electrons. The summed E-state index contributed by atoms with van der Waals surface area (Å²) in [6.45, 7) is 4.48. The van der Waals surface area contributed by atoms with Crippen LogP contribution in [0.25, 0.3) is 0 Å². The molecule has 0 spiro atoms. The topological polar surface area (TPSA) is 85.6 Å². The Morgan fingerprint density at radius 3 is 2.83 bits per heavy atom. The van der Waals surface area contributed by atoms with Crippen molar-refractivity contribution in [1.29, 1.82) is 0 Å². The summed E-state index contributed by atoms with van der Waals surface area (Å²) in [4.78, 5) is 4.69. The van der Waals surface area contributed by atoms with Crippen molar-refractivity contribution in [3.05, 3.63) is 40.4 Å². The molecule has 1 aromatic carbocycles. The van der Waals surface area contributed by atoms with Crippen LogP contribution in [0.5, 0.6) is 5.75 Å². The van der Waals surface area contributed by atoms with E-state index < -0.39 is 0 Å². The second-order valence-corrected chi connectivity index (χ2v) is 7.13. The molecule has 1 fully saturated rings. The largest absolute Gasteiger partial charge is 0.495 e. The maximum Gasteiger partial charge on any atom is 0.192 e. The van der Waals surface area contributed by atoms with Crippen LogP contribution in [0.15, 0.2) is 23.2 Å². The van der Waals surface area contributed by atoms with Crippen LogP contribution in [0.1, 0.15) is 30.1 Å². The number of aromatic nitrogens is 3. The first-order valence-electron chi connectivity index (χ1n) is 9.38. The van der Waals surface area contributed by atoms with Crippen LogP contribution in [0.2, 0.25) is 5.02 Å². The molecule has 2 N–H and O–H groups in total. The van der Waals surface area contributed by atoms with Crippen LogP contribution >= 0.6 is 35.6 Å². The van der Waals surface area contributed by atoms with E-state index in [1.807, 2.05) is 36.7 Å². The van der Waals surface area contributed by atoms with Gasteiger partial charge in [-0.15, -0.1) is 34.2 Å². The Labute approximate surface area is 193 Å². The van der Waals surface area contributed by atoms with Crippen LogP contribution in [0.3, 0.4) is 0 Å². The average Bonchev–Trinajstić information content (AvgIpc) is 3.32. The first-order chi connectivity index (χ1) is 13.6. The molecule has 1 unspecified atom stereocenters. The lowest BCUT2D eigenvalue weighted by atomic mass is 10.2. The third-order valence-corrected chi connectivity index (χ3v) is 5.05. The molecule has 2 heterocycles. The quantitative estimate of drug-likeness (QED) is 0.323. The summed E-state index contributed by atoms with van der Waals surface area (Å²) in [5, 5.41) is 15.5. The Hall–Kier alpha value is -1.59. The molecule has 1 atom stereocenters. The van der Waals surface area contributed by atoms with Gasteiger partial charge >= 0.3 is 0 Å². The van der Waals surface area contributed by atoms with Crippen molar-refractivity contribution in [1.82, 2.24) is 25.4 Å². The molecule has 1 aliphatic heterocycles. The summed E-state index contributed by atoms with van der Waals surface area (Å²) in [7, 11) is 3.55. The van der Waals surface area contributed by atoms with E-state index in [9.17, 15) is 0 Å². The zero-order chi connectivity index (χ0) is 19.9. The highest BCUT2D eigenvalue weighted by molar-refractivity contribution is 14.0. The minimum Gasteiger partial charge on any atom is -0.495 e. The normalized spacial score (nSPS) is 16.4. The van der Waals surface area contributed by atoms with Gasteiger partial charge < -0.3 is 24.7 Å². The molecule has 3 rings (SSSR count). The first kappa shape index (κ1) is 23.7. The second-order valence-electron chi connectivity index (χ2n) is 6.73. The number of benzene rings is 1. The van der Waals surface area contributed by atoms with E-state index in [0.29, 0.717) is 36.4 Å². The van der Waals surface area contributed by atoms with Gasteiger partial charge in [0.25, 0.3) is 0 Å². The Kier molecular flexibility index (Phi) is 9.44. The van der Waals surface area contributed by atoms with Crippen molar-refractivity contribution < 1.29 is 9.47 Å². The third-order valence-electron chi connectivity index (χ3n) is 4.75. The highest BCUT2D eigenvalue weighted by Gasteiger charge is 2.16.